The number of halogens is 4. The van der Waals surface area contributed by atoms with Crippen LogP contribution in [0.2, 0.25) is 0 Å². The van der Waals surface area contributed by atoms with E-state index in [2.05, 4.69) is 63.7 Å². The molecular weight excluding hydrogens is 508 g/mol. The summed E-state index contributed by atoms with van der Waals surface area (Å²) in [7, 11) is 0. The van der Waals surface area contributed by atoms with Gasteiger partial charge in [-0.25, -0.2) is 0 Å². The van der Waals surface area contributed by atoms with Crippen LogP contribution in [0.4, 0.5) is 0 Å². The molecule has 19 heavy (non-hydrogen) atoms. The summed E-state index contributed by atoms with van der Waals surface area (Å²) < 4.78 is 9.07. The van der Waals surface area contributed by atoms with Gasteiger partial charge in [-0.15, -0.1) is 0 Å². The summed E-state index contributed by atoms with van der Waals surface area (Å²) in [4.78, 5) is 11.7. The third-order valence-corrected chi connectivity index (χ3v) is 7.74. The first-order valence-corrected chi connectivity index (χ1v) is 8.96. The van der Waals surface area contributed by atoms with Crippen LogP contribution in [0.5, 0.6) is 0 Å². The third kappa shape index (κ3) is 4.05. The van der Waals surface area contributed by atoms with Crippen LogP contribution in [0.1, 0.15) is 31.4 Å². The molecule has 0 saturated heterocycles. The Morgan fingerprint density at radius 1 is 1.11 bits per heavy atom. The van der Waals surface area contributed by atoms with Crippen molar-refractivity contribution in [3.63, 3.8) is 0 Å². The van der Waals surface area contributed by atoms with Crippen molar-refractivity contribution in [3.05, 3.63) is 29.0 Å². The number of hydrogen-bond donors (Lipinski definition) is 0. The molecule has 0 spiro atoms. The molecular formula is C13H14Br4O2. The Kier molecular flexibility index (Phi) is 7.04. The average molecular weight is 522 g/mol. The van der Waals surface area contributed by atoms with Crippen LogP contribution in [0.15, 0.2) is 17.9 Å². The Bertz CT molecular complexity index is 471. The zero-order chi connectivity index (χ0) is 14.7. The second kappa shape index (κ2) is 7.57. The Morgan fingerprint density at radius 3 is 2.21 bits per heavy atom. The fourth-order valence-corrected chi connectivity index (χ4v) is 4.14. The fraction of sp³-hybridized carbons (Fsp3) is 0.462. The zero-order valence-corrected chi connectivity index (χ0v) is 17.2. The second-order valence-electron chi connectivity index (χ2n) is 4.28. The number of carbonyl (C=O) groups is 1. The van der Waals surface area contributed by atoms with Gasteiger partial charge in [0.1, 0.15) is 6.61 Å². The molecule has 2 nitrogen and oxygen atoms in total. The molecule has 0 aliphatic rings. The van der Waals surface area contributed by atoms with Crippen molar-refractivity contribution < 1.29 is 9.53 Å². The topological polar surface area (TPSA) is 26.3 Å². The number of carbonyl (C=O) groups excluding carboxylic acids is 1. The zero-order valence-electron chi connectivity index (χ0n) is 10.8. The van der Waals surface area contributed by atoms with E-state index in [1.165, 1.54) is 0 Å². The van der Waals surface area contributed by atoms with Gasteiger partial charge in [-0.3, -0.25) is 4.79 Å². The average Bonchev–Trinajstić information content (AvgIpc) is 2.41. The predicted molar refractivity (Wildman–Crippen MR) is 91.2 cm³/mol. The summed E-state index contributed by atoms with van der Waals surface area (Å²) in [5, 5.41) is 0. The summed E-state index contributed by atoms with van der Waals surface area (Å²) in [6.07, 6.45) is 0.782. The van der Waals surface area contributed by atoms with E-state index < -0.39 is 0 Å². The van der Waals surface area contributed by atoms with Gasteiger partial charge < -0.3 is 4.74 Å². The molecule has 0 radical (unpaired) electrons. The molecule has 0 aliphatic heterocycles. The lowest BCUT2D eigenvalue weighted by molar-refractivity contribution is -0.149. The SMILES string of the molecule is CCC(C)C(=O)OCc1c(Br)c(C)c(Br)c(Br)c1Br. The van der Waals surface area contributed by atoms with Crippen molar-refractivity contribution in [1.29, 1.82) is 0 Å². The predicted octanol–water partition coefficient (Wildman–Crippen LogP) is 6.13. The van der Waals surface area contributed by atoms with Gasteiger partial charge >= 0.3 is 5.97 Å². The number of esters is 1. The van der Waals surface area contributed by atoms with Crippen LogP contribution in [-0.2, 0) is 16.1 Å². The Labute approximate surface area is 147 Å². The molecule has 1 atom stereocenters. The highest BCUT2D eigenvalue weighted by molar-refractivity contribution is 9.14. The molecule has 0 amide bonds. The molecule has 0 saturated carbocycles. The van der Waals surface area contributed by atoms with Crippen LogP contribution >= 0.6 is 63.7 Å². The molecule has 0 aromatic heterocycles. The number of benzene rings is 1. The standard InChI is InChI=1S/C13H14Br4O2/c1-4-6(2)13(18)19-5-8-9(14)7(3)10(15)12(17)11(8)16/h6H,4-5H2,1-3H3. The molecule has 1 rings (SSSR count). The van der Waals surface area contributed by atoms with Gasteiger partial charge in [0.15, 0.2) is 0 Å². The summed E-state index contributed by atoms with van der Waals surface area (Å²) >= 11 is 14.1. The summed E-state index contributed by atoms with van der Waals surface area (Å²) in [6.45, 7) is 6.08. The lowest BCUT2D eigenvalue weighted by atomic mass is 10.1. The van der Waals surface area contributed by atoms with Crippen LogP contribution in [0.3, 0.4) is 0 Å². The van der Waals surface area contributed by atoms with E-state index in [4.69, 9.17) is 4.74 Å². The molecule has 1 aromatic carbocycles. The molecule has 1 unspecified atom stereocenters. The molecule has 106 valence electrons. The van der Waals surface area contributed by atoms with Crippen LogP contribution < -0.4 is 0 Å². The Morgan fingerprint density at radius 2 is 1.68 bits per heavy atom. The minimum Gasteiger partial charge on any atom is -0.461 e. The van der Waals surface area contributed by atoms with E-state index in [1.54, 1.807) is 0 Å². The maximum atomic E-state index is 11.7. The molecule has 0 N–H and O–H groups in total. The first-order valence-electron chi connectivity index (χ1n) is 5.79. The second-order valence-corrected chi connectivity index (χ2v) is 7.45. The van der Waals surface area contributed by atoms with Crippen LogP contribution in [0.25, 0.3) is 0 Å². The summed E-state index contributed by atoms with van der Waals surface area (Å²) in [5.41, 5.74) is 1.98. The van der Waals surface area contributed by atoms with Gasteiger partial charge in [-0.2, -0.15) is 0 Å². The molecule has 0 aliphatic carbocycles. The maximum absolute atomic E-state index is 11.7. The van der Waals surface area contributed by atoms with E-state index in [0.29, 0.717) is 0 Å². The van der Waals surface area contributed by atoms with E-state index in [1.807, 2.05) is 20.8 Å². The Balaban J connectivity index is 3.00. The van der Waals surface area contributed by atoms with E-state index >= 15 is 0 Å². The van der Waals surface area contributed by atoms with Crippen LogP contribution in [-0.4, -0.2) is 5.97 Å². The van der Waals surface area contributed by atoms with Gasteiger partial charge in [0.2, 0.25) is 0 Å². The number of rotatable bonds is 4. The quantitative estimate of drug-likeness (QED) is 0.270. The van der Waals surface area contributed by atoms with Crippen molar-refractivity contribution in [1.82, 2.24) is 0 Å². The molecule has 0 heterocycles. The van der Waals surface area contributed by atoms with Gasteiger partial charge in [0, 0.05) is 23.5 Å². The van der Waals surface area contributed by atoms with Crippen molar-refractivity contribution in [2.24, 2.45) is 5.92 Å². The van der Waals surface area contributed by atoms with E-state index in [0.717, 1.165) is 35.4 Å². The number of hydrogen-bond acceptors (Lipinski definition) is 2. The minimum atomic E-state index is -0.169. The van der Waals surface area contributed by atoms with Gasteiger partial charge in [0.05, 0.1) is 5.92 Å². The third-order valence-electron chi connectivity index (χ3n) is 2.95. The van der Waals surface area contributed by atoms with E-state index in [-0.39, 0.29) is 18.5 Å². The van der Waals surface area contributed by atoms with Crippen molar-refractivity contribution >= 4 is 69.7 Å². The normalized spacial score (nSPS) is 12.4. The highest BCUT2D eigenvalue weighted by Crippen LogP contribution is 2.41. The number of ether oxygens (including phenoxy) is 1. The lowest BCUT2D eigenvalue weighted by Gasteiger charge is -2.15. The summed E-state index contributed by atoms with van der Waals surface area (Å²) in [5.74, 6) is -0.240. The Hall–Kier alpha value is 0.610. The fourth-order valence-electron chi connectivity index (χ4n) is 1.39. The first-order chi connectivity index (χ1) is 8.81. The van der Waals surface area contributed by atoms with Crippen molar-refractivity contribution in [3.8, 4) is 0 Å². The van der Waals surface area contributed by atoms with Gasteiger partial charge in [-0.1, -0.05) is 29.8 Å². The lowest BCUT2D eigenvalue weighted by Crippen LogP contribution is -2.14. The highest BCUT2D eigenvalue weighted by Gasteiger charge is 2.19. The molecule has 6 heteroatoms. The molecule has 0 fully saturated rings. The van der Waals surface area contributed by atoms with Gasteiger partial charge in [0.25, 0.3) is 0 Å². The largest absolute Gasteiger partial charge is 0.461 e. The minimum absolute atomic E-state index is 0.0717. The van der Waals surface area contributed by atoms with Crippen molar-refractivity contribution in [2.75, 3.05) is 0 Å². The molecule has 1 aromatic rings. The van der Waals surface area contributed by atoms with Crippen molar-refractivity contribution in [2.45, 2.75) is 33.8 Å². The van der Waals surface area contributed by atoms with Gasteiger partial charge in [-0.05, 0) is 66.7 Å². The van der Waals surface area contributed by atoms with Crippen LogP contribution in [0, 0.1) is 12.8 Å². The smallest absolute Gasteiger partial charge is 0.308 e. The monoisotopic (exact) mass is 518 g/mol. The maximum Gasteiger partial charge on any atom is 0.308 e. The van der Waals surface area contributed by atoms with E-state index in [9.17, 15) is 4.79 Å². The molecule has 0 bridgehead atoms. The summed E-state index contributed by atoms with van der Waals surface area (Å²) in [6, 6.07) is 0. The highest BCUT2D eigenvalue weighted by atomic mass is 79.9. The first kappa shape index (κ1) is 17.7.